The van der Waals surface area contributed by atoms with Gasteiger partial charge in [0.1, 0.15) is 0 Å². The minimum Gasteiger partial charge on any atom is -0.356 e. The van der Waals surface area contributed by atoms with Crippen LogP contribution in [0.2, 0.25) is 0 Å². The molecule has 27 heavy (non-hydrogen) atoms. The topological polar surface area (TPSA) is 39.7 Å². The van der Waals surface area contributed by atoms with Gasteiger partial charge in [0.05, 0.1) is 5.56 Å². The molecule has 1 aliphatic rings. The predicted octanol–water partition coefficient (Wildman–Crippen LogP) is 3.53. The van der Waals surface area contributed by atoms with Crippen molar-refractivity contribution in [3.63, 3.8) is 0 Å². The van der Waals surface area contributed by atoms with E-state index in [4.69, 9.17) is 0 Å². The average Bonchev–Trinajstić information content (AvgIpc) is 2.67. The second-order valence-corrected chi connectivity index (χ2v) is 7.04. The van der Waals surface area contributed by atoms with E-state index in [0.717, 1.165) is 49.1 Å². The van der Waals surface area contributed by atoms with E-state index in [1.165, 1.54) is 38.1 Å². The summed E-state index contributed by atoms with van der Waals surface area (Å²) >= 11 is 0. The van der Waals surface area contributed by atoms with Gasteiger partial charge in [0, 0.05) is 20.1 Å². The lowest BCUT2D eigenvalue weighted by Gasteiger charge is -2.31. The molecule has 1 fully saturated rings. The summed E-state index contributed by atoms with van der Waals surface area (Å²) in [5, 5.41) is 6.56. The molecule has 1 aromatic rings. The van der Waals surface area contributed by atoms with Gasteiger partial charge in [-0.25, -0.2) is 0 Å². The van der Waals surface area contributed by atoms with Gasteiger partial charge in [-0.2, -0.15) is 13.2 Å². The van der Waals surface area contributed by atoms with Crippen LogP contribution in [0.15, 0.2) is 29.3 Å². The number of guanidine groups is 1. The van der Waals surface area contributed by atoms with Crippen LogP contribution in [0.1, 0.15) is 37.3 Å². The first-order valence-corrected chi connectivity index (χ1v) is 9.75. The fourth-order valence-electron chi connectivity index (χ4n) is 3.39. The number of likely N-dealkylation sites (tertiary alicyclic amines) is 1. The van der Waals surface area contributed by atoms with E-state index < -0.39 is 11.7 Å². The number of nitrogens with one attached hydrogen (secondary N) is 2. The van der Waals surface area contributed by atoms with Crippen LogP contribution in [0.4, 0.5) is 13.2 Å². The molecule has 0 unspecified atom stereocenters. The van der Waals surface area contributed by atoms with Gasteiger partial charge in [0.25, 0.3) is 0 Å². The van der Waals surface area contributed by atoms with Crippen LogP contribution in [-0.4, -0.2) is 50.6 Å². The molecule has 0 aromatic heterocycles. The first-order valence-electron chi connectivity index (χ1n) is 9.75. The van der Waals surface area contributed by atoms with Gasteiger partial charge in [-0.1, -0.05) is 19.1 Å². The minimum absolute atomic E-state index is 0.610. The quantitative estimate of drug-likeness (QED) is 0.558. The van der Waals surface area contributed by atoms with E-state index in [0.29, 0.717) is 13.0 Å². The predicted molar refractivity (Wildman–Crippen MR) is 104 cm³/mol. The molecule has 0 amide bonds. The Hall–Kier alpha value is -1.76. The van der Waals surface area contributed by atoms with Crippen molar-refractivity contribution in [3.05, 3.63) is 35.4 Å². The third-order valence-corrected chi connectivity index (χ3v) is 5.21. The number of aliphatic imine (C=N–C) groups is 1. The highest BCUT2D eigenvalue weighted by atomic mass is 19.4. The van der Waals surface area contributed by atoms with Crippen molar-refractivity contribution in [2.24, 2.45) is 10.9 Å². The molecule has 0 atom stereocenters. The lowest BCUT2D eigenvalue weighted by molar-refractivity contribution is -0.137. The van der Waals surface area contributed by atoms with E-state index in [2.05, 4.69) is 27.4 Å². The smallest absolute Gasteiger partial charge is 0.356 e. The van der Waals surface area contributed by atoms with Gasteiger partial charge in [-0.05, 0) is 68.9 Å². The molecular formula is C20H31F3N4. The highest BCUT2D eigenvalue weighted by Gasteiger charge is 2.29. The number of nitrogens with zero attached hydrogens (tertiary/aromatic N) is 2. The van der Waals surface area contributed by atoms with Crippen LogP contribution in [0.25, 0.3) is 0 Å². The first kappa shape index (κ1) is 21.5. The number of rotatable bonds is 7. The van der Waals surface area contributed by atoms with Gasteiger partial charge in [-0.15, -0.1) is 0 Å². The van der Waals surface area contributed by atoms with Crippen molar-refractivity contribution in [3.8, 4) is 0 Å². The van der Waals surface area contributed by atoms with E-state index in [1.807, 2.05) is 0 Å². The van der Waals surface area contributed by atoms with Gasteiger partial charge < -0.3 is 15.5 Å². The zero-order chi connectivity index (χ0) is 19.7. The summed E-state index contributed by atoms with van der Waals surface area (Å²) in [6.07, 6.45) is 0.0202. The molecule has 1 heterocycles. The Bertz CT molecular complexity index is 576. The third kappa shape index (κ3) is 7.40. The lowest BCUT2D eigenvalue weighted by Crippen LogP contribution is -2.40. The number of hydrogen-bond acceptors (Lipinski definition) is 2. The molecule has 1 aromatic carbocycles. The van der Waals surface area contributed by atoms with E-state index >= 15 is 0 Å². The third-order valence-electron chi connectivity index (χ3n) is 5.21. The van der Waals surface area contributed by atoms with E-state index in [9.17, 15) is 13.2 Å². The highest BCUT2D eigenvalue weighted by Crippen LogP contribution is 2.29. The normalized spacial score (nSPS) is 17.1. The molecule has 7 heteroatoms. The number of alkyl halides is 3. The Balaban J connectivity index is 1.64. The van der Waals surface area contributed by atoms with Gasteiger partial charge in [0.2, 0.25) is 0 Å². The van der Waals surface area contributed by atoms with Crippen molar-refractivity contribution in [2.45, 2.75) is 38.8 Å². The highest BCUT2D eigenvalue weighted by molar-refractivity contribution is 5.79. The fourth-order valence-corrected chi connectivity index (χ4v) is 3.39. The maximum absolute atomic E-state index is 12.6. The fraction of sp³-hybridized carbons (Fsp3) is 0.650. The maximum Gasteiger partial charge on any atom is 0.416 e. The number of hydrogen-bond donors (Lipinski definition) is 2. The molecule has 0 aliphatic carbocycles. The molecule has 0 spiro atoms. The summed E-state index contributed by atoms with van der Waals surface area (Å²) in [4.78, 5) is 6.70. The molecule has 0 saturated carbocycles. The van der Waals surface area contributed by atoms with Crippen LogP contribution in [0.5, 0.6) is 0 Å². The Morgan fingerprint density at radius 1 is 1.11 bits per heavy atom. The Labute approximate surface area is 160 Å². The summed E-state index contributed by atoms with van der Waals surface area (Å²) < 4.78 is 37.7. The number of benzene rings is 1. The molecule has 4 nitrogen and oxygen atoms in total. The van der Waals surface area contributed by atoms with Crippen molar-refractivity contribution in [1.29, 1.82) is 0 Å². The van der Waals surface area contributed by atoms with Crippen LogP contribution in [0, 0.1) is 5.92 Å². The summed E-state index contributed by atoms with van der Waals surface area (Å²) in [6, 6.07) is 5.32. The molecule has 0 radical (unpaired) electrons. The molecule has 0 bridgehead atoms. The molecule has 1 saturated heterocycles. The summed E-state index contributed by atoms with van der Waals surface area (Å²) in [6.45, 7) is 7.25. The largest absolute Gasteiger partial charge is 0.416 e. The van der Waals surface area contributed by atoms with Gasteiger partial charge >= 0.3 is 6.18 Å². The average molecular weight is 384 g/mol. The van der Waals surface area contributed by atoms with Crippen LogP contribution >= 0.6 is 0 Å². The Morgan fingerprint density at radius 3 is 2.30 bits per heavy atom. The zero-order valence-corrected chi connectivity index (χ0v) is 16.3. The number of piperidine rings is 1. The second kappa shape index (κ2) is 10.5. The zero-order valence-electron chi connectivity index (χ0n) is 16.3. The standard InChI is InChI=1S/C20H31F3N4/c1-3-27-14-10-17(11-15-27)9-13-26-19(24-2)25-12-8-16-4-6-18(7-5-16)20(21,22)23/h4-7,17H,3,8-15H2,1-2H3,(H2,24,25,26). The summed E-state index contributed by atoms with van der Waals surface area (Å²) in [5.74, 6) is 1.51. The second-order valence-electron chi connectivity index (χ2n) is 7.04. The maximum atomic E-state index is 12.6. The monoisotopic (exact) mass is 384 g/mol. The Morgan fingerprint density at radius 2 is 1.74 bits per heavy atom. The number of halogens is 3. The summed E-state index contributed by atoms with van der Waals surface area (Å²) in [5.41, 5.74) is 0.259. The molecule has 152 valence electrons. The minimum atomic E-state index is -4.28. The van der Waals surface area contributed by atoms with Gasteiger partial charge in [-0.3, -0.25) is 4.99 Å². The molecule has 1 aliphatic heterocycles. The van der Waals surface area contributed by atoms with Crippen molar-refractivity contribution in [2.75, 3.05) is 39.8 Å². The Kier molecular flexibility index (Phi) is 8.41. The van der Waals surface area contributed by atoms with Crippen LogP contribution in [-0.2, 0) is 12.6 Å². The summed E-state index contributed by atoms with van der Waals surface area (Å²) in [7, 11) is 1.73. The molecular weight excluding hydrogens is 353 g/mol. The first-order chi connectivity index (χ1) is 12.9. The van der Waals surface area contributed by atoms with Crippen molar-refractivity contribution in [1.82, 2.24) is 15.5 Å². The van der Waals surface area contributed by atoms with Crippen LogP contribution in [0.3, 0.4) is 0 Å². The van der Waals surface area contributed by atoms with E-state index in [1.54, 1.807) is 7.05 Å². The van der Waals surface area contributed by atoms with Crippen LogP contribution < -0.4 is 10.6 Å². The lowest BCUT2D eigenvalue weighted by atomic mass is 9.93. The SMILES string of the molecule is CCN1CCC(CCNC(=NC)NCCc2ccc(C(F)(F)F)cc2)CC1. The molecule has 2 rings (SSSR count). The van der Waals surface area contributed by atoms with Gasteiger partial charge in [0.15, 0.2) is 5.96 Å². The van der Waals surface area contributed by atoms with E-state index in [-0.39, 0.29) is 0 Å². The van der Waals surface area contributed by atoms with Crippen molar-refractivity contribution < 1.29 is 13.2 Å². The van der Waals surface area contributed by atoms with Crippen molar-refractivity contribution >= 4 is 5.96 Å². The molecule has 2 N–H and O–H groups in total.